The monoisotopic (exact) mass is 1240 g/mol. The number of fused-ring (bicyclic) bond motifs is 2. The number of halogens is 5. The third-order valence-corrected chi connectivity index (χ3v) is 12.9. The van der Waals surface area contributed by atoms with Crippen LogP contribution in [0.3, 0.4) is 0 Å². The van der Waals surface area contributed by atoms with E-state index in [1.54, 1.807) is 0 Å². The van der Waals surface area contributed by atoms with Crippen LogP contribution in [0.25, 0.3) is 0 Å². The van der Waals surface area contributed by atoms with Gasteiger partial charge in [-0.15, -0.1) is 0 Å². The summed E-state index contributed by atoms with van der Waals surface area (Å²) >= 11 is 9.60. The Hall–Kier alpha value is -0.540. The zero-order valence-corrected chi connectivity index (χ0v) is 39.9. The van der Waals surface area contributed by atoms with Crippen molar-refractivity contribution < 1.29 is 48.0 Å². The molecule has 0 aromatic heterocycles. The Morgan fingerprint density at radius 1 is 0.940 bits per heavy atom. The quantitative estimate of drug-likeness (QED) is 0.0615. The van der Waals surface area contributed by atoms with Crippen molar-refractivity contribution in [3.8, 4) is 0 Å². The van der Waals surface area contributed by atoms with Crippen molar-refractivity contribution in [3.05, 3.63) is 97.9 Å². The summed E-state index contributed by atoms with van der Waals surface area (Å²) < 4.78 is 12.0. The van der Waals surface area contributed by atoms with Crippen LogP contribution in [0, 0.1) is 20.2 Å². The van der Waals surface area contributed by atoms with E-state index in [0.29, 0.717) is 19.5 Å². The Morgan fingerprint density at radius 2 is 1.58 bits per heavy atom. The number of nitrogens with zero attached hydrogens (tertiary/aromatic N) is 2. The Kier molecular flexibility index (Phi) is 17.3. The van der Waals surface area contributed by atoms with Crippen LogP contribution in [-0.2, 0) is 25.2 Å². The average Bonchev–Trinajstić information content (AvgIpc) is 3.37. The zero-order chi connectivity index (χ0) is 35.9. The minimum absolute atomic E-state index is 0. The fourth-order valence-electron chi connectivity index (χ4n) is 7.57. The SMILES string of the molecule is CCCCC(C(=O)O)C1(C)/C(=C/C=C/C=C/C=C/C2=[N+](C)c3cc(I)cc(I)c3C2(C)CCCCCOC=O)N(C)c2cc(I)cc(I)c21.[I-]. The molecule has 0 amide bonds. The number of carbonyl (C=O) groups excluding carboxylic acids is 1. The summed E-state index contributed by atoms with van der Waals surface area (Å²) in [7, 11) is 4.21. The first-order valence-electron chi connectivity index (χ1n) is 16.7. The van der Waals surface area contributed by atoms with Gasteiger partial charge in [0.25, 0.3) is 6.47 Å². The van der Waals surface area contributed by atoms with Crippen LogP contribution in [0.15, 0.2) is 72.5 Å². The second-order valence-electron chi connectivity index (χ2n) is 13.1. The topological polar surface area (TPSA) is 69.8 Å². The molecule has 2 heterocycles. The largest absolute Gasteiger partial charge is 1.00 e. The second kappa shape index (κ2) is 19.7. The molecule has 4 rings (SSSR count). The van der Waals surface area contributed by atoms with E-state index in [2.05, 4.69) is 183 Å². The highest BCUT2D eigenvalue weighted by atomic mass is 127. The van der Waals surface area contributed by atoms with Crippen LogP contribution in [0.4, 0.5) is 11.4 Å². The molecule has 3 unspecified atom stereocenters. The van der Waals surface area contributed by atoms with Crippen molar-refractivity contribution in [2.75, 3.05) is 25.6 Å². The molecule has 270 valence electrons. The van der Waals surface area contributed by atoms with Crippen molar-refractivity contribution >= 4 is 120 Å². The number of carboxylic acid groups (broad SMARTS) is 1. The van der Waals surface area contributed by atoms with Gasteiger partial charge in [-0.25, -0.2) is 0 Å². The molecule has 0 bridgehead atoms. The van der Waals surface area contributed by atoms with Gasteiger partial charge in [-0.05, 0) is 148 Å². The average molecular weight is 1240 g/mol. The Morgan fingerprint density at radius 3 is 2.24 bits per heavy atom. The molecule has 3 atom stereocenters. The van der Waals surface area contributed by atoms with Gasteiger partial charge >= 0.3 is 5.97 Å². The summed E-state index contributed by atoms with van der Waals surface area (Å²) in [5.41, 5.74) is 6.30. The van der Waals surface area contributed by atoms with Crippen LogP contribution < -0.4 is 28.9 Å². The van der Waals surface area contributed by atoms with Crippen LogP contribution in [0.1, 0.15) is 76.8 Å². The maximum absolute atomic E-state index is 12.8. The number of hydrogen-bond acceptors (Lipinski definition) is 4. The lowest BCUT2D eigenvalue weighted by Crippen LogP contribution is -3.00. The summed E-state index contributed by atoms with van der Waals surface area (Å²) in [6.45, 7) is 7.57. The second-order valence-corrected chi connectivity index (χ2v) is 17.9. The lowest BCUT2D eigenvalue weighted by Gasteiger charge is -2.35. The van der Waals surface area contributed by atoms with Crippen LogP contribution >= 0.6 is 90.4 Å². The highest BCUT2D eigenvalue weighted by molar-refractivity contribution is 14.1. The van der Waals surface area contributed by atoms with Crippen molar-refractivity contribution in [1.29, 1.82) is 0 Å². The van der Waals surface area contributed by atoms with Crippen LogP contribution in [0.2, 0.25) is 0 Å². The summed E-state index contributed by atoms with van der Waals surface area (Å²) in [5, 5.41) is 10.5. The number of likely N-dealkylation sites (N-methyl/N-ethyl adjacent to an activating group) is 1. The van der Waals surface area contributed by atoms with E-state index in [4.69, 9.17) is 4.74 Å². The summed E-state index contributed by atoms with van der Waals surface area (Å²) in [6, 6.07) is 8.84. The molecule has 50 heavy (non-hydrogen) atoms. The number of aliphatic carboxylic acids is 1. The maximum atomic E-state index is 12.8. The van der Waals surface area contributed by atoms with E-state index in [-0.39, 0.29) is 29.4 Å². The summed E-state index contributed by atoms with van der Waals surface area (Å²) in [5.74, 6) is -1.27. The van der Waals surface area contributed by atoms with Gasteiger partial charge in [-0.3, -0.25) is 9.59 Å². The fourth-order valence-corrected chi connectivity index (χ4v) is 12.4. The Bertz CT molecular complexity index is 1730. The molecule has 2 aliphatic heterocycles. The number of anilines is 1. The van der Waals surface area contributed by atoms with Crippen LogP contribution in [0.5, 0.6) is 0 Å². The van der Waals surface area contributed by atoms with Gasteiger partial charge < -0.3 is 38.7 Å². The molecule has 6 nitrogen and oxygen atoms in total. The normalized spacial score (nSPS) is 21.4. The molecule has 0 fully saturated rings. The molecule has 2 aliphatic rings. The third kappa shape index (κ3) is 9.39. The molecule has 2 aromatic rings. The number of rotatable bonds is 16. The predicted octanol–water partition coefficient (Wildman–Crippen LogP) is 7.68. The minimum Gasteiger partial charge on any atom is -1.00 e. The van der Waals surface area contributed by atoms with Gasteiger partial charge in [0.1, 0.15) is 7.05 Å². The van der Waals surface area contributed by atoms with Gasteiger partial charge in [-0.2, -0.15) is 4.58 Å². The molecule has 2 aromatic carbocycles. The standard InChI is InChI=1S/C39H44I4N2O4.HI/c1-6-7-16-28(37(47)48)39(3)34(45(5)32-24-27(41)22-30(43)36(32)39)18-13-10-8-9-12-17-33-38(2,19-14-11-15-20-49-25-46)35-29(42)21-26(40)23-31(35)44(33)4;/h8-10,12-13,17-18,21-25,28H,6-7,11,14-16,19-20H2,1-5H3;1H. The highest BCUT2D eigenvalue weighted by Crippen LogP contribution is 2.54. The van der Waals surface area contributed by atoms with E-state index in [1.807, 2.05) is 18.2 Å². The Labute approximate surface area is 369 Å². The van der Waals surface area contributed by atoms with E-state index in [9.17, 15) is 14.7 Å². The van der Waals surface area contributed by atoms with Gasteiger partial charge in [0.15, 0.2) is 5.71 Å². The number of unbranched alkanes of at least 4 members (excludes halogenated alkanes) is 3. The number of ether oxygens (including phenoxy) is 1. The first kappa shape index (κ1) is 43.9. The number of carboxylic acids is 1. The van der Waals surface area contributed by atoms with Gasteiger partial charge in [-0.1, -0.05) is 63.0 Å². The molecule has 0 saturated carbocycles. The zero-order valence-electron chi connectivity index (χ0n) is 29.1. The molecule has 0 aliphatic carbocycles. The number of allylic oxidation sites excluding steroid dienone is 8. The van der Waals surface area contributed by atoms with Gasteiger partial charge in [0, 0.05) is 55.8 Å². The smallest absolute Gasteiger partial charge is 0.307 e. The minimum atomic E-state index is -0.744. The summed E-state index contributed by atoms with van der Waals surface area (Å²) in [4.78, 5) is 25.5. The molecule has 0 saturated heterocycles. The highest BCUT2D eigenvalue weighted by Gasteiger charge is 2.51. The number of carbonyl (C=O) groups is 2. The van der Waals surface area contributed by atoms with Crippen molar-refractivity contribution in [2.24, 2.45) is 5.92 Å². The number of hydrogen-bond donors (Lipinski definition) is 1. The molecule has 0 radical (unpaired) electrons. The van der Waals surface area contributed by atoms with E-state index >= 15 is 0 Å². The van der Waals surface area contributed by atoms with Gasteiger partial charge in [0.05, 0.1) is 23.5 Å². The van der Waals surface area contributed by atoms with Crippen LogP contribution in [-0.4, -0.2) is 48.5 Å². The maximum Gasteiger partial charge on any atom is 0.307 e. The predicted molar refractivity (Wildman–Crippen MR) is 234 cm³/mol. The molecule has 0 spiro atoms. The summed E-state index contributed by atoms with van der Waals surface area (Å²) in [6.07, 6.45) is 21.0. The van der Waals surface area contributed by atoms with E-state index in [0.717, 1.165) is 62.6 Å². The fraction of sp³-hybridized carbons (Fsp3) is 0.410. The van der Waals surface area contributed by atoms with Crippen molar-refractivity contribution in [1.82, 2.24) is 0 Å². The lowest BCUT2D eigenvalue weighted by atomic mass is 9.69. The van der Waals surface area contributed by atoms with Gasteiger partial charge in [0.2, 0.25) is 5.69 Å². The lowest BCUT2D eigenvalue weighted by molar-refractivity contribution is -0.401. The molecule has 1 N–H and O–H groups in total. The molecular formula is C39H45I5N2O4. The first-order valence-corrected chi connectivity index (χ1v) is 21.0. The Balaban J connectivity index is 0.00000676. The van der Waals surface area contributed by atoms with Crippen molar-refractivity contribution in [2.45, 2.75) is 76.5 Å². The molecule has 11 heteroatoms. The van der Waals surface area contributed by atoms with E-state index < -0.39 is 17.3 Å². The first-order chi connectivity index (χ1) is 23.3. The molecular weight excluding hydrogens is 1190 g/mol. The van der Waals surface area contributed by atoms with E-state index in [1.165, 1.54) is 24.1 Å². The number of benzene rings is 2. The third-order valence-electron chi connectivity index (χ3n) is 9.98. The van der Waals surface area contributed by atoms with Crippen molar-refractivity contribution in [3.63, 3.8) is 0 Å².